The first kappa shape index (κ1) is 14.0. The van der Waals surface area contributed by atoms with E-state index in [9.17, 15) is 4.79 Å². The Hall–Kier alpha value is -2.64. The van der Waals surface area contributed by atoms with Crippen LogP contribution in [0, 0.1) is 0 Å². The third kappa shape index (κ3) is 2.60. The van der Waals surface area contributed by atoms with Crippen molar-refractivity contribution in [3.05, 3.63) is 30.1 Å². The van der Waals surface area contributed by atoms with E-state index in [0.717, 1.165) is 24.4 Å². The first-order valence-corrected chi connectivity index (χ1v) is 7.75. The summed E-state index contributed by atoms with van der Waals surface area (Å²) < 4.78 is 7.71. The molecule has 0 bridgehead atoms. The third-order valence-corrected chi connectivity index (χ3v) is 4.19. The third-order valence-electron chi connectivity index (χ3n) is 4.19. The van der Waals surface area contributed by atoms with Crippen molar-refractivity contribution in [1.82, 2.24) is 25.5 Å². The number of carbonyl (C=O) groups excluding carboxylic acids is 1. The van der Waals surface area contributed by atoms with E-state index in [1.165, 1.54) is 0 Å². The zero-order valence-corrected chi connectivity index (χ0v) is 12.8. The van der Waals surface area contributed by atoms with Crippen molar-refractivity contribution in [2.24, 2.45) is 0 Å². The molecule has 1 atom stereocenters. The van der Waals surface area contributed by atoms with Crippen molar-refractivity contribution < 1.29 is 9.53 Å². The van der Waals surface area contributed by atoms with Gasteiger partial charge in [-0.3, -0.25) is 4.79 Å². The zero-order chi connectivity index (χ0) is 15.8. The maximum absolute atomic E-state index is 12.0. The number of likely N-dealkylation sites (N-methyl/N-ethyl adjacent to an activating group) is 1. The van der Waals surface area contributed by atoms with Crippen LogP contribution in [0.25, 0.3) is 0 Å². The minimum absolute atomic E-state index is 0.133. The van der Waals surface area contributed by atoms with E-state index < -0.39 is 6.10 Å². The standard InChI is InChI=1S/C15H18N6O2/c1-16-15(22)13-8-20(11-4-2-3-5-12(11)23-13)9-14-17-18-19-21(14)10-6-7-10/h2-5,10,13H,6-9H2,1H3,(H,16,22). The molecule has 1 amide bonds. The van der Waals surface area contributed by atoms with Crippen molar-refractivity contribution in [1.29, 1.82) is 0 Å². The topological polar surface area (TPSA) is 85.2 Å². The van der Waals surface area contributed by atoms with E-state index >= 15 is 0 Å². The van der Waals surface area contributed by atoms with Crippen LogP contribution in [0.15, 0.2) is 24.3 Å². The summed E-state index contributed by atoms with van der Waals surface area (Å²) in [7, 11) is 1.62. The fourth-order valence-corrected chi connectivity index (χ4v) is 2.84. The average Bonchev–Trinajstić information content (AvgIpc) is 3.33. The number of para-hydroxylation sites is 2. The van der Waals surface area contributed by atoms with Gasteiger partial charge in [0, 0.05) is 7.05 Å². The summed E-state index contributed by atoms with van der Waals surface area (Å²) in [5.41, 5.74) is 0.956. The van der Waals surface area contributed by atoms with Gasteiger partial charge < -0.3 is 15.0 Å². The van der Waals surface area contributed by atoms with Gasteiger partial charge in [-0.2, -0.15) is 0 Å². The number of hydrogen-bond acceptors (Lipinski definition) is 6. The van der Waals surface area contributed by atoms with Gasteiger partial charge >= 0.3 is 0 Å². The second-order valence-electron chi connectivity index (χ2n) is 5.84. The van der Waals surface area contributed by atoms with Gasteiger partial charge in [-0.25, -0.2) is 4.68 Å². The zero-order valence-electron chi connectivity index (χ0n) is 12.8. The number of amides is 1. The first-order chi connectivity index (χ1) is 11.3. The number of aromatic nitrogens is 4. The molecule has 1 unspecified atom stereocenters. The second-order valence-corrected chi connectivity index (χ2v) is 5.84. The fourth-order valence-electron chi connectivity index (χ4n) is 2.84. The number of nitrogens with zero attached hydrogens (tertiary/aromatic N) is 5. The summed E-state index contributed by atoms with van der Waals surface area (Å²) in [5, 5.41) is 14.7. The number of carbonyl (C=O) groups is 1. The molecule has 1 N–H and O–H groups in total. The summed E-state index contributed by atoms with van der Waals surface area (Å²) in [5.74, 6) is 1.39. The Bertz CT molecular complexity index is 726. The number of ether oxygens (including phenoxy) is 1. The molecule has 2 heterocycles. The number of hydrogen-bond donors (Lipinski definition) is 1. The van der Waals surface area contributed by atoms with Crippen LogP contribution in [0.4, 0.5) is 5.69 Å². The summed E-state index contributed by atoms with van der Waals surface area (Å²) in [4.78, 5) is 14.1. The Kier molecular flexibility index (Phi) is 3.36. The van der Waals surface area contributed by atoms with Crippen LogP contribution in [0.2, 0.25) is 0 Å². The fraction of sp³-hybridized carbons (Fsp3) is 0.467. The number of fused-ring (bicyclic) bond motifs is 1. The number of tetrazole rings is 1. The van der Waals surface area contributed by atoms with E-state index in [0.29, 0.717) is 24.9 Å². The SMILES string of the molecule is CNC(=O)C1CN(Cc2nnnn2C2CC2)c2ccccc2O1. The molecular formula is C15H18N6O2. The molecule has 120 valence electrons. The van der Waals surface area contributed by atoms with Crippen LogP contribution < -0.4 is 15.0 Å². The highest BCUT2D eigenvalue weighted by Gasteiger charge is 2.33. The summed E-state index contributed by atoms with van der Waals surface area (Å²) in [6.45, 7) is 1.02. The quantitative estimate of drug-likeness (QED) is 0.885. The van der Waals surface area contributed by atoms with Crippen LogP contribution in [0.5, 0.6) is 5.75 Å². The van der Waals surface area contributed by atoms with E-state index in [2.05, 4.69) is 25.7 Å². The lowest BCUT2D eigenvalue weighted by Crippen LogP contribution is -2.48. The lowest BCUT2D eigenvalue weighted by Gasteiger charge is -2.35. The molecule has 1 saturated carbocycles. The number of anilines is 1. The van der Waals surface area contributed by atoms with Gasteiger partial charge in [-0.05, 0) is 35.4 Å². The van der Waals surface area contributed by atoms with E-state index in [1.54, 1.807) is 7.05 Å². The highest BCUT2D eigenvalue weighted by molar-refractivity contribution is 5.83. The smallest absolute Gasteiger partial charge is 0.262 e. The highest BCUT2D eigenvalue weighted by atomic mass is 16.5. The molecule has 2 aromatic rings. The number of nitrogens with one attached hydrogen (secondary N) is 1. The minimum Gasteiger partial charge on any atom is -0.477 e. The predicted molar refractivity (Wildman–Crippen MR) is 82.1 cm³/mol. The van der Waals surface area contributed by atoms with Crippen LogP contribution in [-0.2, 0) is 11.3 Å². The molecule has 1 fully saturated rings. The maximum Gasteiger partial charge on any atom is 0.262 e. The molecule has 0 spiro atoms. The molecule has 1 aromatic heterocycles. The Morgan fingerprint density at radius 2 is 2.22 bits per heavy atom. The van der Waals surface area contributed by atoms with E-state index in [4.69, 9.17) is 4.74 Å². The number of benzene rings is 1. The molecule has 1 aliphatic carbocycles. The average molecular weight is 314 g/mol. The van der Waals surface area contributed by atoms with Gasteiger partial charge in [-0.15, -0.1) is 5.10 Å². The molecule has 0 saturated heterocycles. The normalized spacial score (nSPS) is 19.9. The van der Waals surface area contributed by atoms with Crippen molar-refractivity contribution in [2.45, 2.75) is 31.5 Å². The monoisotopic (exact) mass is 314 g/mol. The van der Waals surface area contributed by atoms with Gasteiger partial charge in [-0.1, -0.05) is 12.1 Å². The minimum atomic E-state index is -0.542. The van der Waals surface area contributed by atoms with Gasteiger partial charge in [0.05, 0.1) is 24.8 Å². The molecule has 8 heteroatoms. The number of rotatable bonds is 4. The molecule has 4 rings (SSSR count). The van der Waals surface area contributed by atoms with Gasteiger partial charge in [0.2, 0.25) is 0 Å². The van der Waals surface area contributed by atoms with Crippen molar-refractivity contribution in [3.8, 4) is 5.75 Å². The van der Waals surface area contributed by atoms with E-state index in [-0.39, 0.29) is 5.91 Å². The lowest BCUT2D eigenvalue weighted by molar-refractivity contribution is -0.127. The van der Waals surface area contributed by atoms with Crippen LogP contribution in [0.3, 0.4) is 0 Å². The van der Waals surface area contributed by atoms with Crippen molar-refractivity contribution in [2.75, 3.05) is 18.5 Å². The molecule has 1 aromatic carbocycles. The van der Waals surface area contributed by atoms with Crippen molar-refractivity contribution in [3.63, 3.8) is 0 Å². The summed E-state index contributed by atoms with van der Waals surface area (Å²) >= 11 is 0. The Morgan fingerprint density at radius 1 is 1.39 bits per heavy atom. The lowest BCUT2D eigenvalue weighted by atomic mass is 10.1. The molecular weight excluding hydrogens is 296 g/mol. The highest BCUT2D eigenvalue weighted by Crippen LogP contribution is 2.36. The molecule has 23 heavy (non-hydrogen) atoms. The first-order valence-electron chi connectivity index (χ1n) is 7.75. The van der Waals surface area contributed by atoms with Crippen LogP contribution in [-0.4, -0.2) is 45.8 Å². The van der Waals surface area contributed by atoms with Crippen LogP contribution in [0.1, 0.15) is 24.7 Å². The van der Waals surface area contributed by atoms with Gasteiger partial charge in [0.15, 0.2) is 11.9 Å². The molecule has 2 aliphatic rings. The maximum atomic E-state index is 12.0. The summed E-state index contributed by atoms with van der Waals surface area (Å²) in [6, 6.07) is 8.14. The Labute approximate surface area is 133 Å². The Morgan fingerprint density at radius 3 is 3.00 bits per heavy atom. The predicted octanol–water partition coefficient (Wildman–Crippen LogP) is 0.522. The molecule has 8 nitrogen and oxygen atoms in total. The second kappa shape index (κ2) is 5.53. The molecule has 0 radical (unpaired) electrons. The summed E-state index contributed by atoms with van der Waals surface area (Å²) in [6.07, 6.45) is 1.71. The van der Waals surface area contributed by atoms with Gasteiger partial charge in [0.1, 0.15) is 5.75 Å². The van der Waals surface area contributed by atoms with E-state index in [1.807, 2.05) is 28.9 Å². The van der Waals surface area contributed by atoms with Crippen molar-refractivity contribution >= 4 is 11.6 Å². The van der Waals surface area contributed by atoms with Crippen LogP contribution >= 0.6 is 0 Å². The van der Waals surface area contributed by atoms with Gasteiger partial charge in [0.25, 0.3) is 5.91 Å². The molecule has 1 aliphatic heterocycles. The Balaban J connectivity index is 1.63. The largest absolute Gasteiger partial charge is 0.477 e.